The van der Waals surface area contributed by atoms with E-state index in [2.05, 4.69) is 19.7 Å². The molecule has 0 unspecified atom stereocenters. The maximum Gasteiger partial charge on any atom is 0.376 e. The minimum absolute atomic E-state index is 0.0264. The predicted octanol–water partition coefficient (Wildman–Crippen LogP) is 1.81. The van der Waals surface area contributed by atoms with Gasteiger partial charge in [-0.25, -0.2) is 19.7 Å². The van der Waals surface area contributed by atoms with Crippen LogP contribution in [0.15, 0.2) is 21.6 Å². The number of aromatic nitrogens is 3. The van der Waals surface area contributed by atoms with Gasteiger partial charge in [0.25, 0.3) is 0 Å². The Bertz CT molecular complexity index is 687. The summed E-state index contributed by atoms with van der Waals surface area (Å²) >= 11 is 2.54. The van der Waals surface area contributed by atoms with Gasteiger partial charge in [0.05, 0.1) is 19.2 Å². The van der Waals surface area contributed by atoms with Crippen LogP contribution in [-0.2, 0) is 16.0 Å². The maximum atomic E-state index is 11.4. The molecule has 2 heterocycles. The summed E-state index contributed by atoms with van der Waals surface area (Å²) in [5.41, 5.74) is 0.687. The standard InChI is InChI=1S/C12H11N3O4S2/c1-6-7(5-9(16)17)20-12(14-6)21-8-3-4-13-10(15-8)11(18)19-2/h3-4H,5H2,1-2H3,(H,16,17). The molecule has 110 valence electrons. The summed E-state index contributed by atoms with van der Waals surface area (Å²) in [7, 11) is 1.26. The van der Waals surface area contributed by atoms with Crippen LogP contribution in [0, 0.1) is 6.92 Å². The highest BCUT2D eigenvalue weighted by Crippen LogP contribution is 2.32. The summed E-state index contributed by atoms with van der Waals surface area (Å²) in [4.78, 5) is 35.0. The van der Waals surface area contributed by atoms with E-state index in [0.717, 1.165) is 0 Å². The molecular formula is C12H11N3O4S2. The first-order valence-electron chi connectivity index (χ1n) is 5.77. The molecular weight excluding hydrogens is 314 g/mol. The monoisotopic (exact) mass is 325 g/mol. The average Bonchev–Trinajstić information content (AvgIpc) is 2.77. The van der Waals surface area contributed by atoms with Crippen LogP contribution in [0.3, 0.4) is 0 Å². The fourth-order valence-electron chi connectivity index (χ4n) is 1.42. The van der Waals surface area contributed by atoms with Gasteiger partial charge in [0.2, 0.25) is 5.82 Å². The third-order valence-electron chi connectivity index (χ3n) is 2.37. The smallest absolute Gasteiger partial charge is 0.376 e. The maximum absolute atomic E-state index is 11.4. The molecule has 2 rings (SSSR count). The number of carboxylic acid groups (broad SMARTS) is 1. The average molecular weight is 325 g/mol. The van der Waals surface area contributed by atoms with Gasteiger partial charge < -0.3 is 9.84 Å². The zero-order chi connectivity index (χ0) is 15.4. The van der Waals surface area contributed by atoms with Gasteiger partial charge in [-0.3, -0.25) is 4.79 Å². The van der Waals surface area contributed by atoms with Crippen molar-refractivity contribution >= 4 is 35.0 Å². The Hall–Kier alpha value is -2.00. The molecule has 2 aromatic rings. The van der Waals surface area contributed by atoms with E-state index >= 15 is 0 Å². The Balaban J connectivity index is 2.18. The molecule has 0 amide bonds. The topological polar surface area (TPSA) is 102 Å². The Morgan fingerprint density at radius 2 is 2.19 bits per heavy atom. The molecule has 0 bridgehead atoms. The first kappa shape index (κ1) is 15.4. The van der Waals surface area contributed by atoms with E-state index in [1.54, 1.807) is 13.0 Å². The number of aryl methyl sites for hydroxylation is 1. The van der Waals surface area contributed by atoms with E-state index in [4.69, 9.17) is 5.11 Å². The van der Waals surface area contributed by atoms with Gasteiger partial charge in [-0.15, -0.1) is 11.3 Å². The van der Waals surface area contributed by atoms with Crippen molar-refractivity contribution in [3.05, 3.63) is 28.7 Å². The zero-order valence-electron chi connectivity index (χ0n) is 11.2. The molecule has 0 saturated heterocycles. The van der Waals surface area contributed by atoms with E-state index in [-0.39, 0.29) is 12.2 Å². The fourth-order valence-corrected chi connectivity index (χ4v) is 3.55. The second-order valence-corrected chi connectivity index (χ2v) is 6.22. The second-order valence-electron chi connectivity index (χ2n) is 3.87. The predicted molar refractivity (Wildman–Crippen MR) is 75.7 cm³/mol. The van der Waals surface area contributed by atoms with Gasteiger partial charge in [0, 0.05) is 11.1 Å². The summed E-state index contributed by atoms with van der Waals surface area (Å²) in [6, 6.07) is 1.64. The molecule has 0 saturated carbocycles. The number of hydrogen-bond donors (Lipinski definition) is 1. The van der Waals surface area contributed by atoms with Crippen molar-refractivity contribution in [3.63, 3.8) is 0 Å². The summed E-state index contributed by atoms with van der Waals surface area (Å²) in [6.45, 7) is 1.76. The number of nitrogens with zero attached hydrogens (tertiary/aromatic N) is 3. The number of carbonyl (C=O) groups excluding carboxylic acids is 1. The molecule has 0 aliphatic carbocycles. The van der Waals surface area contributed by atoms with E-state index in [9.17, 15) is 9.59 Å². The first-order chi connectivity index (χ1) is 9.99. The molecule has 0 fully saturated rings. The molecule has 9 heteroatoms. The fraction of sp³-hybridized carbons (Fsp3) is 0.250. The summed E-state index contributed by atoms with van der Waals surface area (Å²) in [5, 5.41) is 9.36. The number of carboxylic acids is 1. The molecule has 7 nitrogen and oxygen atoms in total. The highest BCUT2D eigenvalue weighted by molar-refractivity contribution is 8.01. The summed E-state index contributed by atoms with van der Waals surface area (Å²) < 4.78 is 5.22. The molecule has 0 atom stereocenters. The number of ether oxygens (including phenoxy) is 1. The Kier molecular flexibility index (Phi) is 4.86. The van der Waals surface area contributed by atoms with Crippen LogP contribution >= 0.6 is 23.1 Å². The molecule has 0 aromatic carbocycles. The van der Waals surface area contributed by atoms with Gasteiger partial charge >= 0.3 is 11.9 Å². The minimum atomic E-state index is -0.895. The largest absolute Gasteiger partial charge is 0.481 e. The van der Waals surface area contributed by atoms with Crippen molar-refractivity contribution < 1.29 is 19.4 Å². The van der Waals surface area contributed by atoms with E-state index in [1.165, 1.54) is 36.4 Å². The summed E-state index contributed by atoms with van der Waals surface area (Å²) in [5.74, 6) is -1.53. The lowest BCUT2D eigenvalue weighted by Crippen LogP contribution is -2.07. The third-order valence-corrected chi connectivity index (χ3v) is 4.53. The molecule has 2 aromatic heterocycles. The number of aliphatic carboxylic acids is 1. The van der Waals surface area contributed by atoms with Crippen molar-refractivity contribution in [3.8, 4) is 0 Å². The lowest BCUT2D eigenvalue weighted by Gasteiger charge is -1.99. The van der Waals surface area contributed by atoms with Crippen LogP contribution in [0.5, 0.6) is 0 Å². The number of carbonyl (C=O) groups is 2. The van der Waals surface area contributed by atoms with Crippen molar-refractivity contribution in [2.24, 2.45) is 0 Å². The van der Waals surface area contributed by atoms with Crippen LogP contribution in [0.4, 0.5) is 0 Å². The van der Waals surface area contributed by atoms with Crippen LogP contribution in [-0.4, -0.2) is 39.1 Å². The molecule has 0 spiro atoms. The summed E-state index contributed by atoms with van der Waals surface area (Å²) in [6.07, 6.45) is 1.40. The van der Waals surface area contributed by atoms with Crippen molar-refractivity contribution in [2.75, 3.05) is 7.11 Å². The van der Waals surface area contributed by atoms with Crippen molar-refractivity contribution in [2.45, 2.75) is 22.7 Å². The first-order valence-corrected chi connectivity index (χ1v) is 7.40. The van der Waals surface area contributed by atoms with Gasteiger partial charge in [-0.05, 0) is 24.8 Å². The lowest BCUT2D eigenvalue weighted by atomic mass is 10.3. The molecule has 0 aliphatic heterocycles. The van der Waals surface area contributed by atoms with Gasteiger partial charge in [0.15, 0.2) is 4.34 Å². The quantitative estimate of drug-likeness (QED) is 0.656. The van der Waals surface area contributed by atoms with Crippen LogP contribution < -0.4 is 0 Å². The molecule has 1 N–H and O–H groups in total. The Morgan fingerprint density at radius 3 is 2.86 bits per heavy atom. The highest BCUT2D eigenvalue weighted by Gasteiger charge is 2.14. The van der Waals surface area contributed by atoms with Gasteiger partial charge in [0.1, 0.15) is 5.03 Å². The van der Waals surface area contributed by atoms with E-state index in [1.807, 2.05) is 0 Å². The van der Waals surface area contributed by atoms with E-state index in [0.29, 0.717) is 19.9 Å². The Labute approximate surface area is 128 Å². The minimum Gasteiger partial charge on any atom is -0.481 e. The number of hydrogen-bond acceptors (Lipinski definition) is 8. The number of rotatable bonds is 5. The van der Waals surface area contributed by atoms with Crippen LogP contribution in [0.2, 0.25) is 0 Å². The van der Waals surface area contributed by atoms with Gasteiger partial charge in [-0.2, -0.15) is 0 Å². The van der Waals surface area contributed by atoms with Crippen molar-refractivity contribution in [1.82, 2.24) is 15.0 Å². The van der Waals surface area contributed by atoms with Crippen LogP contribution in [0.25, 0.3) is 0 Å². The SMILES string of the molecule is COC(=O)c1nccc(Sc2nc(C)c(CC(=O)O)s2)n1. The number of esters is 1. The van der Waals surface area contributed by atoms with Crippen molar-refractivity contribution in [1.29, 1.82) is 0 Å². The zero-order valence-corrected chi connectivity index (χ0v) is 12.8. The second kappa shape index (κ2) is 6.64. The highest BCUT2D eigenvalue weighted by atomic mass is 32.2. The number of thiazole rings is 1. The van der Waals surface area contributed by atoms with E-state index < -0.39 is 11.9 Å². The van der Waals surface area contributed by atoms with Crippen LogP contribution in [0.1, 0.15) is 21.2 Å². The molecule has 0 radical (unpaired) electrons. The third kappa shape index (κ3) is 3.99. The molecule has 0 aliphatic rings. The lowest BCUT2D eigenvalue weighted by molar-refractivity contribution is -0.136. The Morgan fingerprint density at radius 1 is 1.43 bits per heavy atom. The van der Waals surface area contributed by atoms with Gasteiger partial charge in [-0.1, -0.05) is 0 Å². The normalized spacial score (nSPS) is 10.4. The molecule has 21 heavy (non-hydrogen) atoms. The number of methoxy groups -OCH3 is 1.